The second-order valence-corrected chi connectivity index (χ2v) is 3.90. The van der Waals surface area contributed by atoms with Crippen molar-refractivity contribution in [3.63, 3.8) is 0 Å². The lowest BCUT2D eigenvalue weighted by molar-refractivity contribution is -0.137. The van der Waals surface area contributed by atoms with E-state index in [9.17, 15) is 27.2 Å². The van der Waals surface area contributed by atoms with Gasteiger partial charge in [-0.1, -0.05) is 0 Å². The first-order valence-electron chi connectivity index (χ1n) is 5.92. The molecule has 0 atom stereocenters. The second kappa shape index (κ2) is 5.35. The molecule has 0 aliphatic heterocycles. The van der Waals surface area contributed by atoms with E-state index in [2.05, 4.69) is 10.4 Å². The molecular formula is C12H7F4N3O2. The Kier molecular flexibility index (Phi) is 3.38. The molecule has 0 spiro atoms. The van der Waals surface area contributed by atoms with Crippen molar-refractivity contribution in [2.75, 3.05) is 5.32 Å². The van der Waals surface area contributed by atoms with Gasteiger partial charge < -0.3 is 5.32 Å². The smallest absolute Gasteiger partial charge is 0.320 e. The molecule has 1 amide bonds. The lowest BCUT2D eigenvalue weighted by atomic mass is 10.1. The van der Waals surface area contributed by atoms with Crippen molar-refractivity contribution in [2.45, 2.75) is 6.18 Å². The first kappa shape index (κ1) is 13.3. The second-order valence-electron chi connectivity index (χ2n) is 3.90. The third-order valence-corrected chi connectivity index (χ3v) is 2.37. The predicted octanol–water partition coefficient (Wildman–Crippen LogP) is 2.18. The monoisotopic (exact) mass is 302 g/mol. The van der Waals surface area contributed by atoms with Gasteiger partial charge in [0.05, 0.1) is 24.4 Å². The number of hydrogen-bond donors (Lipinski definition) is 2. The highest BCUT2D eigenvalue weighted by atomic mass is 19.4. The van der Waals surface area contributed by atoms with E-state index in [1.165, 1.54) is 0 Å². The first-order valence-corrected chi connectivity index (χ1v) is 5.42. The number of amides is 1. The average molecular weight is 302 g/mol. The Balaban J connectivity index is 2.36. The molecule has 0 aliphatic rings. The van der Waals surface area contributed by atoms with E-state index in [-0.39, 0.29) is 11.8 Å². The molecule has 0 radical (unpaired) electrons. The van der Waals surface area contributed by atoms with E-state index in [1.54, 1.807) is 0 Å². The fourth-order valence-electron chi connectivity index (χ4n) is 1.45. The number of carbonyl (C=O) groups excluding carboxylic acids is 1. The highest BCUT2D eigenvalue weighted by Crippen LogP contribution is 2.30. The van der Waals surface area contributed by atoms with E-state index in [4.69, 9.17) is 1.37 Å². The van der Waals surface area contributed by atoms with Gasteiger partial charge in [0.15, 0.2) is 0 Å². The molecule has 21 heavy (non-hydrogen) atoms. The highest BCUT2D eigenvalue weighted by molar-refractivity contribution is 6.04. The number of nitrogens with zero attached hydrogens (tertiary/aromatic N) is 1. The van der Waals surface area contributed by atoms with Crippen LogP contribution < -0.4 is 10.9 Å². The summed E-state index contributed by atoms with van der Waals surface area (Å²) in [6.07, 6.45) is -3.78. The summed E-state index contributed by atoms with van der Waals surface area (Å²) in [7, 11) is 0. The van der Waals surface area contributed by atoms with Gasteiger partial charge in [-0.25, -0.2) is 9.49 Å². The maximum Gasteiger partial charge on any atom is 0.416 e. The van der Waals surface area contributed by atoms with Crippen LogP contribution in [-0.2, 0) is 6.18 Å². The largest absolute Gasteiger partial charge is 0.416 e. The molecule has 0 fully saturated rings. The van der Waals surface area contributed by atoms with Gasteiger partial charge in [0.2, 0.25) is 0 Å². The Labute approximate surface area is 116 Å². The Morgan fingerprint density at radius 3 is 2.67 bits per heavy atom. The van der Waals surface area contributed by atoms with Crippen LogP contribution in [0.2, 0.25) is 0 Å². The molecule has 2 N–H and O–H groups in total. The van der Waals surface area contributed by atoms with Crippen LogP contribution in [0, 0.1) is 5.82 Å². The fraction of sp³-hybridized carbons (Fsp3) is 0.0833. The van der Waals surface area contributed by atoms with Gasteiger partial charge in [0, 0.05) is 6.07 Å². The molecule has 1 heterocycles. The maximum absolute atomic E-state index is 13.7. The van der Waals surface area contributed by atoms with Crippen LogP contribution in [0.1, 0.15) is 17.3 Å². The summed E-state index contributed by atoms with van der Waals surface area (Å²) >= 11 is 0. The van der Waals surface area contributed by atoms with Crippen molar-refractivity contribution in [3.05, 3.63) is 57.7 Å². The van der Waals surface area contributed by atoms with E-state index >= 15 is 0 Å². The van der Waals surface area contributed by atoms with E-state index in [0.717, 1.165) is 12.3 Å². The minimum absolute atomic E-state index is 0.0903. The zero-order valence-electron chi connectivity index (χ0n) is 11.1. The zero-order valence-corrected chi connectivity index (χ0v) is 10.1. The minimum Gasteiger partial charge on any atom is -0.320 e. The minimum atomic E-state index is -4.83. The topological polar surface area (TPSA) is 74.8 Å². The number of nitrogens with one attached hydrogen (secondary N) is 2. The number of benzene rings is 1. The molecule has 2 rings (SSSR count). The van der Waals surface area contributed by atoms with Crippen LogP contribution in [0.4, 0.5) is 23.2 Å². The molecule has 0 saturated carbocycles. The molecule has 110 valence electrons. The van der Waals surface area contributed by atoms with Crippen molar-refractivity contribution < 1.29 is 23.7 Å². The lowest BCUT2D eigenvalue weighted by Gasteiger charge is -2.09. The first-order chi connectivity index (χ1) is 10.2. The quantitative estimate of drug-likeness (QED) is 0.835. The molecular weight excluding hydrogens is 294 g/mol. The molecule has 5 nitrogen and oxygen atoms in total. The number of aromatic amines is 1. The summed E-state index contributed by atoms with van der Waals surface area (Å²) in [5, 5.41) is 7.50. The third kappa shape index (κ3) is 3.44. The lowest BCUT2D eigenvalue weighted by Crippen LogP contribution is -2.17. The summed E-state index contributed by atoms with van der Waals surface area (Å²) < 4.78 is 58.5. The van der Waals surface area contributed by atoms with Gasteiger partial charge >= 0.3 is 6.18 Å². The number of hydrogen-bond acceptors (Lipinski definition) is 3. The van der Waals surface area contributed by atoms with Gasteiger partial charge in [-0.2, -0.15) is 18.3 Å². The van der Waals surface area contributed by atoms with Crippen LogP contribution in [0.25, 0.3) is 0 Å². The number of halogens is 4. The number of aromatic nitrogens is 2. The normalized spacial score (nSPS) is 11.9. The number of H-pyrrole nitrogens is 1. The summed E-state index contributed by atoms with van der Waals surface area (Å²) in [5.74, 6) is -2.65. The summed E-state index contributed by atoms with van der Waals surface area (Å²) in [6, 6.07) is 0.482. The van der Waals surface area contributed by atoms with Gasteiger partial charge in [-0.3, -0.25) is 9.59 Å². The number of carbonyl (C=O) groups is 1. The number of alkyl halides is 3. The highest BCUT2D eigenvalue weighted by Gasteiger charge is 2.31. The van der Waals surface area contributed by atoms with Crippen molar-refractivity contribution >= 4 is 11.6 Å². The third-order valence-electron chi connectivity index (χ3n) is 2.37. The van der Waals surface area contributed by atoms with Crippen LogP contribution in [0.3, 0.4) is 0 Å². The van der Waals surface area contributed by atoms with Crippen molar-refractivity contribution in [1.82, 2.24) is 10.2 Å². The summed E-state index contributed by atoms with van der Waals surface area (Å²) in [6.45, 7) is 0. The molecule has 0 aliphatic carbocycles. The van der Waals surface area contributed by atoms with Crippen LogP contribution >= 0.6 is 0 Å². The zero-order chi connectivity index (χ0) is 16.5. The standard InChI is InChI=1S/C12H7F4N3O2/c13-9-3-6(12(14,15)16)1-2-8(9)11(21)18-7-4-10(20)19-17-5-7/h1-5H,(H2,18,19,20,21)/i2D. The van der Waals surface area contributed by atoms with Crippen molar-refractivity contribution in [2.24, 2.45) is 0 Å². The van der Waals surface area contributed by atoms with Gasteiger partial charge in [-0.05, 0) is 18.2 Å². The maximum atomic E-state index is 13.7. The Bertz CT molecular complexity index is 765. The Morgan fingerprint density at radius 1 is 1.38 bits per heavy atom. The molecule has 1 aromatic carbocycles. The Hall–Kier alpha value is -2.71. The SMILES string of the molecule is [2H]c1cc(C(F)(F)F)cc(F)c1C(=O)Nc1cn[nH]c(=O)c1. The molecule has 0 unspecified atom stereocenters. The summed E-state index contributed by atoms with van der Waals surface area (Å²) in [4.78, 5) is 22.8. The molecule has 0 bridgehead atoms. The van der Waals surface area contributed by atoms with Crippen molar-refractivity contribution in [3.8, 4) is 0 Å². The van der Waals surface area contributed by atoms with Crippen LogP contribution in [0.5, 0.6) is 0 Å². The van der Waals surface area contributed by atoms with Gasteiger partial charge in [-0.15, -0.1) is 0 Å². The molecule has 2 aromatic rings. The van der Waals surface area contributed by atoms with Gasteiger partial charge in [0.25, 0.3) is 11.5 Å². The predicted molar refractivity (Wildman–Crippen MR) is 64.2 cm³/mol. The van der Waals surface area contributed by atoms with Crippen LogP contribution in [-0.4, -0.2) is 16.1 Å². The van der Waals surface area contributed by atoms with Crippen LogP contribution in [0.15, 0.2) is 35.2 Å². The van der Waals surface area contributed by atoms with E-state index in [1.807, 2.05) is 5.10 Å². The number of rotatable bonds is 2. The van der Waals surface area contributed by atoms with E-state index in [0.29, 0.717) is 6.07 Å². The fourth-order valence-corrected chi connectivity index (χ4v) is 1.45. The van der Waals surface area contributed by atoms with E-state index < -0.39 is 40.6 Å². The molecule has 0 saturated heterocycles. The molecule has 9 heteroatoms. The average Bonchev–Trinajstić information content (AvgIpc) is 2.36. The molecule has 1 aromatic heterocycles. The Morgan fingerprint density at radius 2 is 2.10 bits per heavy atom. The number of anilines is 1. The van der Waals surface area contributed by atoms with Crippen molar-refractivity contribution in [1.29, 1.82) is 0 Å². The summed E-state index contributed by atoms with van der Waals surface area (Å²) in [5.41, 5.74) is -2.97. The van der Waals surface area contributed by atoms with Gasteiger partial charge in [0.1, 0.15) is 5.82 Å².